The molecule has 7 heteroatoms. The zero-order chi connectivity index (χ0) is 12.8. The van der Waals surface area contributed by atoms with Crippen LogP contribution in [-0.2, 0) is 11.3 Å². The van der Waals surface area contributed by atoms with E-state index in [1.807, 2.05) is 0 Å². The molecule has 1 amide bonds. The summed E-state index contributed by atoms with van der Waals surface area (Å²) >= 11 is 1.42. The van der Waals surface area contributed by atoms with Gasteiger partial charge in [-0.3, -0.25) is 9.69 Å². The van der Waals surface area contributed by atoms with Gasteiger partial charge in [-0.25, -0.2) is 4.98 Å². The highest BCUT2D eigenvalue weighted by Gasteiger charge is 2.12. The first-order chi connectivity index (χ1) is 8.79. The number of rotatable bonds is 5. The lowest BCUT2D eigenvalue weighted by molar-refractivity contribution is 0.0383. The molecule has 1 aromatic heterocycles. The van der Waals surface area contributed by atoms with E-state index in [2.05, 4.69) is 15.2 Å². The van der Waals surface area contributed by atoms with Crippen LogP contribution < -0.4 is 11.1 Å². The normalized spacial score (nSPS) is 16.7. The van der Waals surface area contributed by atoms with Crippen LogP contribution in [-0.4, -0.2) is 55.2 Å². The number of nitrogens with one attached hydrogen (secondary N) is 1. The highest BCUT2D eigenvalue weighted by molar-refractivity contribution is 7.09. The number of thiazole rings is 1. The van der Waals surface area contributed by atoms with Crippen molar-refractivity contribution in [3.8, 4) is 0 Å². The van der Waals surface area contributed by atoms with Gasteiger partial charge in [-0.1, -0.05) is 0 Å². The Balaban J connectivity index is 1.70. The van der Waals surface area contributed by atoms with Crippen molar-refractivity contribution < 1.29 is 9.53 Å². The molecule has 6 nitrogen and oxygen atoms in total. The van der Waals surface area contributed by atoms with Crippen LogP contribution in [0.2, 0.25) is 0 Å². The van der Waals surface area contributed by atoms with Gasteiger partial charge in [-0.2, -0.15) is 0 Å². The number of carbonyl (C=O) groups excluding carboxylic acids is 1. The highest BCUT2D eigenvalue weighted by Crippen LogP contribution is 2.08. The Morgan fingerprint density at radius 3 is 3.00 bits per heavy atom. The van der Waals surface area contributed by atoms with Gasteiger partial charge in [0.2, 0.25) is 0 Å². The third-order valence-electron chi connectivity index (χ3n) is 2.78. The van der Waals surface area contributed by atoms with Crippen molar-refractivity contribution in [2.24, 2.45) is 5.73 Å². The molecule has 0 atom stereocenters. The van der Waals surface area contributed by atoms with E-state index < -0.39 is 0 Å². The monoisotopic (exact) mass is 270 g/mol. The van der Waals surface area contributed by atoms with E-state index in [1.54, 1.807) is 5.38 Å². The number of hydrogen-bond donors (Lipinski definition) is 2. The van der Waals surface area contributed by atoms with E-state index in [0.29, 0.717) is 18.8 Å². The second kappa shape index (κ2) is 6.79. The smallest absolute Gasteiger partial charge is 0.270 e. The first-order valence-corrected chi connectivity index (χ1v) is 6.90. The SMILES string of the molecule is NCc1nc(C(=O)NCCN2CCOCC2)cs1. The number of nitrogens with zero attached hydrogens (tertiary/aromatic N) is 2. The maximum atomic E-state index is 11.8. The predicted octanol–water partition coefficient (Wildman–Crippen LogP) is -0.336. The molecule has 1 aromatic rings. The Bertz CT molecular complexity index is 390. The number of ether oxygens (including phenoxy) is 1. The summed E-state index contributed by atoms with van der Waals surface area (Å²) in [5, 5.41) is 5.39. The molecule has 0 unspecified atom stereocenters. The molecule has 1 fully saturated rings. The van der Waals surface area contributed by atoms with E-state index in [1.165, 1.54) is 11.3 Å². The predicted molar refractivity (Wildman–Crippen MR) is 69.6 cm³/mol. The summed E-state index contributed by atoms with van der Waals surface area (Å²) in [5.41, 5.74) is 5.92. The topological polar surface area (TPSA) is 80.5 Å². The van der Waals surface area contributed by atoms with Gasteiger partial charge in [-0.15, -0.1) is 11.3 Å². The Morgan fingerprint density at radius 1 is 1.56 bits per heavy atom. The van der Waals surface area contributed by atoms with E-state index in [4.69, 9.17) is 10.5 Å². The van der Waals surface area contributed by atoms with E-state index in [0.717, 1.165) is 37.9 Å². The maximum absolute atomic E-state index is 11.8. The lowest BCUT2D eigenvalue weighted by Gasteiger charge is -2.26. The van der Waals surface area contributed by atoms with Gasteiger partial charge in [0.05, 0.1) is 13.2 Å². The van der Waals surface area contributed by atoms with Crippen molar-refractivity contribution >= 4 is 17.2 Å². The van der Waals surface area contributed by atoms with Crippen LogP contribution in [0.1, 0.15) is 15.5 Å². The Labute approximate surface area is 110 Å². The van der Waals surface area contributed by atoms with E-state index in [-0.39, 0.29) is 5.91 Å². The van der Waals surface area contributed by atoms with Crippen LogP contribution in [0.25, 0.3) is 0 Å². The lowest BCUT2D eigenvalue weighted by Crippen LogP contribution is -2.41. The van der Waals surface area contributed by atoms with Crippen LogP contribution in [0.15, 0.2) is 5.38 Å². The third kappa shape index (κ3) is 3.74. The summed E-state index contributed by atoms with van der Waals surface area (Å²) in [6.07, 6.45) is 0. The van der Waals surface area contributed by atoms with Crippen molar-refractivity contribution in [1.82, 2.24) is 15.2 Å². The largest absolute Gasteiger partial charge is 0.379 e. The first kappa shape index (κ1) is 13.4. The second-order valence-electron chi connectivity index (χ2n) is 4.04. The fourth-order valence-electron chi connectivity index (χ4n) is 1.75. The Kier molecular flexibility index (Phi) is 5.06. The van der Waals surface area contributed by atoms with E-state index in [9.17, 15) is 4.79 Å². The van der Waals surface area contributed by atoms with E-state index >= 15 is 0 Å². The molecule has 2 rings (SSSR count). The number of hydrogen-bond acceptors (Lipinski definition) is 6. The summed E-state index contributed by atoms with van der Waals surface area (Å²) in [5.74, 6) is -0.126. The minimum Gasteiger partial charge on any atom is -0.379 e. The molecule has 1 saturated heterocycles. The van der Waals surface area contributed by atoms with Gasteiger partial charge in [0.25, 0.3) is 5.91 Å². The number of nitrogens with two attached hydrogens (primary N) is 1. The maximum Gasteiger partial charge on any atom is 0.270 e. The van der Waals surface area contributed by atoms with Crippen LogP contribution in [0.4, 0.5) is 0 Å². The van der Waals surface area contributed by atoms with Crippen LogP contribution in [0, 0.1) is 0 Å². The first-order valence-electron chi connectivity index (χ1n) is 6.02. The zero-order valence-electron chi connectivity index (χ0n) is 10.2. The molecule has 0 aromatic carbocycles. The van der Waals surface area contributed by atoms with Gasteiger partial charge in [-0.05, 0) is 0 Å². The van der Waals surface area contributed by atoms with Crippen molar-refractivity contribution in [2.75, 3.05) is 39.4 Å². The molecule has 0 radical (unpaired) electrons. The van der Waals surface area contributed by atoms with Crippen LogP contribution in [0.5, 0.6) is 0 Å². The lowest BCUT2D eigenvalue weighted by atomic mass is 10.4. The van der Waals surface area contributed by atoms with Gasteiger partial charge in [0, 0.05) is 38.1 Å². The number of amides is 1. The third-order valence-corrected chi connectivity index (χ3v) is 3.65. The van der Waals surface area contributed by atoms with Gasteiger partial charge >= 0.3 is 0 Å². The van der Waals surface area contributed by atoms with Crippen molar-refractivity contribution in [3.05, 3.63) is 16.1 Å². The molecule has 100 valence electrons. The summed E-state index contributed by atoms with van der Waals surface area (Å²) < 4.78 is 5.26. The number of morpholine rings is 1. The highest BCUT2D eigenvalue weighted by atomic mass is 32.1. The summed E-state index contributed by atoms with van der Waals surface area (Å²) in [6, 6.07) is 0. The Morgan fingerprint density at radius 2 is 2.33 bits per heavy atom. The van der Waals surface area contributed by atoms with Gasteiger partial charge in [0.1, 0.15) is 10.7 Å². The average Bonchev–Trinajstić information content (AvgIpc) is 2.89. The molecule has 2 heterocycles. The van der Waals surface area contributed by atoms with Crippen LogP contribution >= 0.6 is 11.3 Å². The number of carbonyl (C=O) groups is 1. The molecule has 1 aliphatic heterocycles. The standard InChI is InChI=1S/C11H18N4O2S/c12-7-10-14-9(8-18-10)11(16)13-1-2-15-3-5-17-6-4-15/h8H,1-7,12H2,(H,13,16). The molecular formula is C11H18N4O2S. The Hall–Kier alpha value is -1.02. The minimum atomic E-state index is -0.126. The molecular weight excluding hydrogens is 252 g/mol. The summed E-state index contributed by atoms with van der Waals surface area (Å²) in [7, 11) is 0. The minimum absolute atomic E-state index is 0.126. The molecule has 18 heavy (non-hydrogen) atoms. The van der Waals surface area contributed by atoms with Crippen LogP contribution in [0.3, 0.4) is 0 Å². The molecule has 0 spiro atoms. The molecule has 0 saturated carbocycles. The fraction of sp³-hybridized carbons (Fsp3) is 0.636. The van der Waals surface area contributed by atoms with Crippen molar-refractivity contribution in [2.45, 2.75) is 6.54 Å². The fourth-order valence-corrected chi connectivity index (χ4v) is 2.41. The molecule has 3 N–H and O–H groups in total. The summed E-state index contributed by atoms with van der Waals surface area (Å²) in [4.78, 5) is 18.2. The molecule has 0 aliphatic carbocycles. The van der Waals surface area contributed by atoms with Crippen molar-refractivity contribution in [1.29, 1.82) is 0 Å². The van der Waals surface area contributed by atoms with Crippen molar-refractivity contribution in [3.63, 3.8) is 0 Å². The van der Waals surface area contributed by atoms with Gasteiger partial charge < -0.3 is 15.8 Å². The average molecular weight is 270 g/mol. The molecule has 1 aliphatic rings. The summed E-state index contributed by atoms with van der Waals surface area (Å²) in [6.45, 7) is 5.29. The zero-order valence-corrected chi connectivity index (χ0v) is 11.0. The second-order valence-corrected chi connectivity index (χ2v) is 4.98. The van der Waals surface area contributed by atoms with Gasteiger partial charge in [0.15, 0.2) is 0 Å². The number of aromatic nitrogens is 1. The quantitative estimate of drug-likeness (QED) is 0.765. The molecule has 0 bridgehead atoms.